The Morgan fingerprint density at radius 2 is 2.10 bits per heavy atom. The summed E-state index contributed by atoms with van der Waals surface area (Å²) in [5.74, 6) is -0.545. The molecule has 1 aromatic rings. The van der Waals surface area contributed by atoms with Crippen molar-refractivity contribution in [2.75, 3.05) is 43.6 Å². The second-order valence-corrected chi connectivity index (χ2v) is 7.63. The van der Waals surface area contributed by atoms with Crippen molar-refractivity contribution in [3.8, 4) is 0 Å². The average Bonchev–Trinajstić information content (AvgIpc) is 3.54. The summed E-state index contributed by atoms with van der Waals surface area (Å²) in [6, 6.07) is 5.66. The van der Waals surface area contributed by atoms with Gasteiger partial charge in [-0.25, -0.2) is 4.79 Å². The molecule has 0 aromatic heterocycles. The molecule has 154 valence electrons. The Morgan fingerprint density at radius 1 is 1.31 bits per heavy atom. The summed E-state index contributed by atoms with van der Waals surface area (Å²) in [5, 5.41) is 12.2. The van der Waals surface area contributed by atoms with Gasteiger partial charge in [0.1, 0.15) is 5.70 Å². The van der Waals surface area contributed by atoms with E-state index in [1.165, 1.54) is 12.0 Å². The fraction of sp³-hybridized carbons (Fsp3) is 0.476. The van der Waals surface area contributed by atoms with Gasteiger partial charge in [-0.15, -0.1) is 0 Å². The number of esters is 1. The van der Waals surface area contributed by atoms with Crippen LogP contribution in [0.25, 0.3) is 0 Å². The van der Waals surface area contributed by atoms with Gasteiger partial charge >= 0.3 is 5.97 Å². The van der Waals surface area contributed by atoms with Crippen LogP contribution in [0.15, 0.2) is 29.5 Å². The van der Waals surface area contributed by atoms with Gasteiger partial charge in [0.05, 0.1) is 25.8 Å². The lowest BCUT2D eigenvalue weighted by Gasteiger charge is -2.30. The maximum Gasteiger partial charge on any atom is 0.337 e. The molecule has 0 spiro atoms. The van der Waals surface area contributed by atoms with Gasteiger partial charge in [0, 0.05) is 30.4 Å². The van der Waals surface area contributed by atoms with Crippen molar-refractivity contribution in [2.24, 2.45) is 5.92 Å². The molecule has 0 unspecified atom stereocenters. The van der Waals surface area contributed by atoms with Crippen molar-refractivity contribution in [1.29, 1.82) is 0 Å². The first-order valence-electron chi connectivity index (χ1n) is 9.96. The molecule has 8 heteroatoms. The van der Waals surface area contributed by atoms with E-state index < -0.39 is 5.97 Å². The van der Waals surface area contributed by atoms with Crippen LogP contribution in [0.1, 0.15) is 24.8 Å². The molecule has 0 atom stereocenters. The van der Waals surface area contributed by atoms with Gasteiger partial charge < -0.3 is 25.0 Å². The first-order valence-corrected chi connectivity index (χ1v) is 9.96. The largest absolute Gasteiger partial charge is 0.466 e. The predicted molar refractivity (Wildman–Crippen MR) is 106 cm³/mol. The van der Waals surface area contributed by atoms with Crippen molar-refractivity contribution in [3.63, 3.8) is 0 Å². The molecule has 1 fully saturated rings. The Labute approximate surface area is 169 Å². The van der Waals surface area contributed by atoms with Crippen molar-refractivity contribution in [2.45, 2.75) is 25.7 Å². The number of methoxy groups -OCH3 is 1. The number of aryl methyl sites for hydroxylation is 1. The monoisotopic (exact) mass is 399 g/mol. The lowest BCUT2D eigenvalue weighted by molar-refractivity contribution is -0.136. The normalized spacial score (nSPS) is 18.8. The molecular formula is C21H25N3O5. The standard InChI is InChI=1S/C21H25N3O5/c1-29-21(28)16-12-23(9-10-25)20(27)18(16)22-15-6-7-17-14(11-15)3-2-8-24(17)19(26)13-4-5-13/h6-7,11,13,22,25H,2-5,8-10,12H2,1H3. The minimum Gasteiger partial charge on any atom is -0.466 e. The zero-order chi connectivity index (χ0) is 20.5. The number of nitrogens with zero attached hydrogens (tertiary/aromatic N) is 2. The molecule has 0 radical (unpaired) electrons. The number of nitrogens with one attached hydrogen (secondary N) is 1. The summed E-state index contributed by atoms with van der Waals surface area (Å²) >= 11 is 0. The third-order valence-electron chi connectivity index (χ3n) is 5.61. The van der Waals surface area contributed by atoms with E-state index in [-0.39, 0.29) is 48.7 Å². The molecule has 0 bridgehead atoms. The van der Waals surface area contributed by atoms with Crippen LogP contribution >= 0.6 is 0 Å². The van der Waals surface area contributed by atoms with Gasteiger partial charge in [0.15, 0.2) is 0 Å². The van der Waals surface area contributed by atoms with Crippen LogP contribution in [0.4, 0.5) is 11.4 Å². The van der Waals surface area contributed by atoms with Gasteiger partial charge in [-0.3, -0.25) is 9.59 Å². The minimum atomic E-state index is -0.569. The number of aliphatic hydroxyl groups excluding tert-OH is 1. The highest BCUT2D eigenvalue weighted by Crippen LogP contribution is 2.37. The summed E-state index contributed by atoms with van der Waals surface area (Å²) in [7, 11) is 1.27. The molecule has 2 amide bonds. The second kappa shape index (κ2) is 7.87. The van der Waals surface area contributed by atoms with Gasteiger partial charge in [-0.2, -0.15) is 0 Å². The van der Waals surface area contributed by atoms with Crippen molar-refractivity contribution in [1.82, 2.24) is 4.90 Å². The van der Waals surface area contributed by atoms with Crippen LogP contribution in [0.2, 0.25) is 0 Å². The number of β-amino-alcohol motifs (C(OH)–C–C–N with tert-alkyl or cyclic N) is 1. The highest BCUT2D eigenvalue weighted by atomic mass is 16.5. The molecule has 1 saturated carbocycles. The maximum atomic E-state index is 12.7. The summed E-state index contributed by atoms with van der Waals surface area (Å²) in [5.41, 5.74) is 3.08. The first kappa shape index (κ1) is 19.4. The molecule has 2 N–H and O–H groups in total. The van der Waals surface area contributed by atoms with E-state index in [1.807, 2.05) is 23.1 Å². The van der Waals surface area contributed by atoms with E-state index >= 15 is 0 Å². The Balaban J connectivity index is 1.59. The number of hydrogen-bond donors (Lipinski definition) is 2. The SMILES string of the molecule is COC(=O)C1=C(Nc2ccc3c(c2)CCCN3C(=O)C2CC2)C(=O)N(CCO)C1. The molecule has 4 rings (SSSR count). The van der Waals surface area contributed by atoms with Gasteiger partial charge in [-0.05, 0) is 49.4 Å². The second-order valence-electron chi connectivity index (χ2n) is 7.63. The number of benzene rings is 1. The minimum absolute atomic E-state index is 0.100. The third kappa shape index (κ3) is 3.72. The molecule has 1 aromatic carbocycles. The van der Waals surface area contributed by atoms with Crippen molar-refractivity contribution < 1.29 is 24.2 Å². The van der Waals surface area contributed by atoms with Crippen LogP contribution in [-0.4, -0.2) is 61.1 Å². The molecule has 3 aliphatic rings. The highest BCUT2D eigenvalue weighted by Gasteiger charge is 2.36. The zero-order valence-electron chi connectivity index (χ0n) is 16.4. The van der Waals surface area contributed by atoms with Gasteiger partial charge in [-0.1, -0.05) is 0 Å². The predicted octanol–water partition coefficient (Wildman–Crippen LogP) is 1.05. The molecule has 2 heterocycles. The van der Waals surface area contributed by atoms with E-state index in [0.717, 1.165) is 43.5 Å². The maximum absolute atomic E-state index is 12.7. The van der Waals surface area contributed by atoms with E-state index in [4.69, 9.17) is 9.84 Å². The molecule has 2 aliphatic heterocycles. The van der Waals surface area contributed by atoms with Crippen LogP contribution in [0.3, 0.4) is 0 Å². The number of anilines is 2. The van der Waals surface area contributed by atoms with Gasteiger partial charge in [0.25, 0.3) is 5.91 Å². The third-order valence-corrected chi connectivity index (χ3v) is 5.61. The van der Waals surface area contributed by atoms with E-state index in [2.05, 4.69) is 5.32 Å². The number of amides is 2. The van der Waals surface area contributed by atoms with Gasteiger partial charge in [0.2, 0.25) is 5.91 Å². The lowest BCUT2D eigenvalue weighted by Crippen LogP contribution is -2.36. The van der Waals surface area contributed by atoms with Crippen LogP contribution < -0.4 is 10.2 Å². The fourth-order valence-corrected chi connectivity index (χ4v) is 3.95. The van der Waals surface area contributed by atoms with E-state index in [1.54, 1.807) is 0 Å². The van der Waals surface area contributed by atoms with Crippen molar-refractivity contribution in [3.05, 3.63) is 35.0 Å². The summed E-state index contributed by atoms with van der Waals surface area (Å²) < 4.78 is 4.81. The molecule has 29 heavy (non-hydrogen) atoms. The Kier molecular flexibility index (Phi) is 5.27. The zero-order valence-corrected chi connectivity index (χ0v) is 16.4. The van der Waals surface area contributed by atoms with Crippen LogP contribution in [-0.2, 0) is 25.5 Å². The first-order chi connectivity index (χ1) is 14.0. The Morgan fingerprint density at radius 3 is 2.79 bits per heavy atom. The summed E-state index contributed by atoms with van der Waals surface area (Å²) in [4.78, 5) is 40.6. The number of fused-ring (bicyclic) bond motifs is 1. The lowest BCUT2D eigenvalue weighted by atomic mass is 10.00. The quantitative estimate of drug-likeness (QED) is 0.694. The van der Waals surface area contributed by atoms with Crippen molar-refractivity contribution >= 4 is 29.2 Å². The Bertz CT molecular complexity index is 890. The van der Waals surface area contributed by atoms with E-state index in [9.17, 15) is 14.4 Å². The highest BCUT2D eigenvalue weighted by molar-refractivity contribution is 6.08. The summed E-state index contributed by atoms with van der Waals surface area (Å²) in [6.45, 7) is 0.800. The number of hydrogen-bond acceptors (Lipinski definition) is 6. The van der Waals surface area contributed by atoms with Crippen LogP contribution in [0.5, 0.6) is 0 Å². The molecule has 0 saturated heterocycles. The number of ether oxygens (including phenoxy) is 1. The average molecular weight is 399 g/mol. The van der Waals surface area contributed by atoms with Crippen LogP contribution in [0, 0.1) is 5.92 Å². The number of aliphatic hydroxyl groups is 1. The molecular weight excluding hydrogens is 374 g/mol. The Hall–Kier alpha value is -2.87. The number of carbonyl (C=O) groups is 3. The van der Waals surface area contributed by atoms with E-state index in [0.29, 0.717) is 5.69 Å². The molecule has 1 aliphatic carbocycles. The topological polar surface area (TPSA) is 99.2 Å². The fourth-order valence-electron chi connectivity index (χ4n) is 3.95. The summed E-state index contributed by atoms with van der Waals surface area (Å²) in [6.07, 6.45) is 3.70. The molecule has 8 nitrogen and oxygen atoms in total. The smallest absolute Gasteiger partial charge is 0.337 e. The number of carbonyl (C=O) groups excluding carboxylic acids is 3. The number of rotatable bonds is 6.